The molecule has 11 heteroatoms. The van der Waals surface area contributed by atoms with E-state index < -0.39 is 36.9 Å². The van der Waals surface area contributed by atoms with E-state index in [9.17, 15) is 28.0 Å². The number of carbonyl (C=O) groups is 4. The molecule has 0 saturated carbocycles. The first-order valence-electron chi connectivity index (χ1n) is 7.90. The lowest BCUT2D eigenvalue weighted by Crippen LogP contribution is -2.38. The smallest absolute Gasteiger partial charge is 0.387 e. The molecule has 0 bridgehead atoms. The van der Waals surface area contributed by atoms with E-state index in [1.807, 2.05) is 0 Å². The number of alkyl halides is 2. The maximum atomic E-state index is 12.4. The molecule has 1 aliphatic heterocycles. The Hall–Kier alpha value is -3.34. The second kappa shape index (κ2) is 8.13. The zero-order valence-electron chi connectivity index (χ0n) is 14.1. The van der Waals surface area contributed by atoms with Crippen LogP contribution in [0.1, 0.15) is 4.88 Å². The Kier molecular flexibility index (Phi) is 5.64. The number of thiophene rings is 1. The molecular weight excluding hydrogens is 396 g/mol. The van der Waals surface area contributed by atoms with Crippen molar-refractivity contribution >= 4 is 40.8 Å². The summed E-state index contributed by atoms with van der Waals surface area (Å²) in [6.45, 7) is -3.92. The molecule has 2 heterocycles. The average Bonchev–Trinajstić information content (AvgIpc) is 3.22. The summed E-state index contributed by atoms with van der Waals surface area (Å²) in [6.07, 6.45) is 0. The summed E-state index contributed by atoms with van der Waals surface area (Å²) < 4.78 is 29.2. The van der Waals surface area contributed by atoms with Crippen molar-refractivity contribution in [1.82, 2.24) is 9.80 Å². The maximum Gasteiger partial charge on any atom is 0.387 e. The van der Waals surface area contributed by atoms with Crippen molar-refractivity contribution in [2.45, 2.75) is 13.2 Å². The highest BCUT2D eigenvalue weighted by Crippen LogP contribution is 2.25. The van der Waals surface area contributed by atoms with Gasteiger partial charge in [0.05, 0.1) is 12.2 Å². The summed E-state index contributed by atoms with van der Waals surface area (Å²) in [6, 6.07) is 7.96. The topological polar surface area (TPSA) is 96.0 Å². The van der Waals surface area contributed by atoms with Gasteiger partial charge in [-0.3, -0.25) is 19.3 Å². The third-order valence-corrected chi connectivity index (χ3v) is 4.57. The van der Waals surface area contributed by atoms with Crippen LogP contribution in [0.25, 0.3) is 0 Å². The average molecular weight is 409 g/mol. The lowest BCUT2D eigenvalue weighted by Gasteiger charge is -2.16. The van der Waals surface area contributed by atoms with Gasteiger partial charge in [0.2, 0.25) is 5.91 Å². The van der Waals surface area contributed by atoms with Gasteiger partial charge in [0.15, 0.2) is 0 Å². The SMILES string of the molecule is O=C(CN1C(=O)C(=O)N(Cc2cccs2)C1=O)Nc1ccccc1OC(F)F. The Balaban J connectivity index is 1.68. The van der Waals surface area contributed by atoms with Crippen molar-refractivity contribution in [3.63, 3.8) is 0 Å². The minimum atomic E-state index is -3.09. The highest BCUT2D eigenvalue weighted by atomic mass is 32.1. The number of rotatable bonds is 7. The van der Waals surface area contributed by atoms with E-state index >= 15 is 0 Å². The van der Waals surface area contributed by atoms with Gasteiger partial charge < -0.3 is 10.1 Å². The molecule has 0 atom stereocenters. The van der Waals surface area contributed by atoms with E-state index in [0.717, 1.165) is 4.90 Å². The Morgan fingerprint density at radius 2 is 1.79 bits per heavy atom. The largest absolute Gasteiger partial charge is 0.433 e. The number of nitrogens with zero attached hydrogens (tertiary/aromatic N) is 2. The summed E-state index contributed by atoms with van der Waals surface area (Å²) in [5.74, 6) is -3.29. The molecule has 0 aliphatic carbocycles. The van der Waals surface area contributed by atoms with Crippen LogP contribution in [0.2, 0.25) is 0 Å². The summed E-state index contributed by atoms with van der Waals surface area (Å²) in [5, 5.41) is 4.04. The second-order valence-electron chi connectivity index (χ2n) is 5.57. The summed E-state index contributed by atoms with van der Waals surface area (Å²) in [7, 11) is 0. The number of halogens is 2. The summed E-state index contributed by atoms with van der Waals surface area (Å²) >= 11 is 1.31. The van der Waals surface area contributed by atoms with Gasteiger partial charge in [-0.25, -0.2) is 9.69 Å². The molecule has 0 radical (unpaired) electrons. The second-order valence-corrected chi connectivity index (χ2v) is 6.60. The molecule has 3 rings (SSSR count). The van der Waals surface area contributed by atoms with E-state index in [1.165, 1.54) is 35.6 Å². The maximum absolute atomic E-state index is 12.4. The number of ether oxygens (including phenoxy) is 1. The quantitative estimate of drug-likeness (QED) is 0.559. The first-order valence-corrected chi connectivity index (χ1v) is 8.78. The van der Waals surface area contributed by atoms with Crippen LogP contribution < -0.4 is 10.1 Å². The minimum absolute atomic E-state index is 0.0614. The third-order valence-electron chi connectivity index (χ3n) is 3.71. The fourth-order valence-electron chi connectivity index (χ4n) is 2.49. The van der Waals surface area contributed by atoms with E-state index in [1.54, 1.807) is 17.5 Å². The number of hydrogen-bond donors (Lipinski definition) is 1. The molecule has 1 aliphatic rings. The van der Waals surface area contributed by atoms with Crippen LogP contribution in [0, 0.1) is 0 Å². The molecule has 5 amide bonds. The van der Waals surface area contributed by atoms with Gasteiger partial charge in [-0.05, 0) is 23.6 Å². The first kappa shape index (κ1) is 19.4. The van der Waals surface area contributed by atoms with Crippen LogP contribution >= 0.6 is 11.3 Å². The predicted molar refractivity (Wildman–Crippen MR) is 93.7 cm³/mol. The van der Waals surface area contributed by atoms with Gasteiger partial charge >= 0.3 is 24.5 Å². The Labute approximate surface area is 161 Å². The van der Waals surface area contributed by atoms with Gasteiger partial charge in [0.1, 0.15) is 12.3 Å². The first-order chi connectivity index (χ1) is 13.4. The highest BCUT2D eigenvalue weighted by molar-refractivity contribution is 7.09. The van der Waals surface area contributed by atoms with Crippen LogP contribution in [-0.2, 0) is 20.9 Å². The number of nitrogens with one attached hydrogen (secondary N) is 1. The molecule has 0 spiro atoms. The Morgan fingerprint density at radius 3 is 2.46 bits per heavy atom. The van der Waals surface area contributed by atoms with Crippen LogP contribution in [0.4, 0.5) is 19.3 Å². The zero-order chi connectivity index (χ0) is 20.3. The molecule has 1 fully saturated rings. The third kappa shape index (κ3) is 4.14. The molecule has 1 saturated heterocycles. The predicted octanol–water partition coefficient (Wildman–Crippen LogP) is 2.28. The van der Waals surface area contributed by atoms with Crippen LogP contribution in [-0.4, -0.2) is 46.7 Å². The molecule has 28 heavy (non-hydrogen) atoms. The van der Waals surface area contributed by atoms with Crippen molar-refractivity contribution in [1.29, 1.82) is 0 Å². The normalized spacial score (nSPS) is 14.2. The van der Waals surface area contributed by atoms with Crippen molar-refractivity contribution < 1.29 is 32.7 Å². The number of amides is 5. The van der Waals surface area contributed by atoms with Crippen LogP contribution in [0.5, 0.6) is 5.75 Å². The molecule has 8 nitrogen and oxygen atoms in total. The molecule has 2 aromatic rings. The molecular formula is C17H13F2N3O5S. The molecule has 0 unspecified atom stereocenters. The van der Waals surface area contributed by atoms with Crippen molar-refractivity contribution in [3.8, 4) is 5.75 Å². The van der Waals surface area contributed by atoms with Crippen LogP contribution in [0.15, 0.2) is 41.8 Å². The van der Waals surface area contributed by atoms with Gasteiger partial charge in [-0.15, -0.1) is 11.3 Å². The number of para-hydroxylation sites is 2. The fraction of sp³-hybridized carbons (Fsp3) is 0.176. The number of carbonyl (C=O) groups excluding carboxylic acids is 4. The number of hydrogen-bond acceptors (Lipinski definition) is 6. The summed E-state index contributed by atoms with van der Waals surface area (Å²) in [5.41, 5.74) is -0.0614. The van der Waals surface area contributed by atoms with Crippen molar-refractivity contribution in [2.24, 2.45) is 0 Å². The highest BCUT2D eigenvalue weighted by Gasteiger charge is 2.45. The number of urea groups is 1. The van der Waals surface area contributed by atoms with Crippen molar-refractivity contribution in [2.75, 3.05) is 11.9 Å². The lowest BCUT2D eigenvalue weighted by molar-refractivity contribution is -0.143. The van der Waals surface area contributed by atoms with Crippen LogP contribution in [0.3, 0.4) is 0 Å². The van der Waals surface area contributed by atoms with E-state index in [4.69, 9.17) is 0 Å². The minimum Gasteiger partial charge on any atom is -0.433 e. The molecule has 1 N–H and O–H groups in total. The number of imide groups is 2. The Bertz CT molecular complexity index is 919. The summed E-state index contributed by atoms with van der Waals surface area (Å²) in [4.78, 5) is 50.6. The van der Waals surface area contributed by atoms with E-state index in [0.29, 0.717) is 9.78 Å². The zero-order valence-corrected chi connectivity index (χ0v) is 14.9. The molecule has 146 valence electrons. The standard InChI is InChI=1S/C17H13F2N3O5S/c18-16(19)27-12-6-2-1-5-11(12)20-13(23)9-22-15(25)14(24)21(17(22)26)8-10-4-3-7-28-10/h1-7,16H,8-9H2,(H,20,23). The fourth-order valence-corrected chi connectivity index (χ4v) is 3.18. The monoisotopic (exact) mass is 409 g/mol. The number of benzene rings is 1. The van der Waals surface area contributed by atoms with Gasteiger partial charge in [0.25, 0.3) is 0 Å². The molecule has 1 aromatic heterocycles. The van der Waals surface area contributed by atoms with E-state index in [-0.39, 0.29) is 18.0 Å². The molecule has 1 aromatic carbocycles. The Morgan fingerprint density at radius 1 is 1.07 bits per heavy atom. The lowest BCUT2D eigenvalue weighted by atomic mass is 10.3. The van der Waals surface area contributed by atoms with Crippen molar-refractivity contribution in [3.05, 3.63) is 46.7 Å². The van der Waals surface area contributed by atoms with Gasteiger partial charge in [-0.1, -0.05) is 18.2 Å². The van der Waals surface area contributed by atoms with E-state index in [2.05, 4.69) is 10.1 Å². The van der Waals surface area contributed by atoms with Gasteiger partial charge in [0, 0.05) is 4.88 Å². The van der Waals surface area contributed by atoms with Gasteiger partial charge in [-0.2, -0.15) is 8.78 Å². The number of anilines is 1.